The van der Waals surface area contributed by atoms with E-state index in [0.29, 0.717) is 17.9 Å². The van der Waals surface area contributed by atoms with Gasteiger partial charge in [-0.3, -0.25) is 9.48 Å². The molecular weight excluding hydrogens is 206 g/mol. The third-order valence-electron chi connectivity index (χ3n) is 2.48. The van der Waals surface area contributed by atoms with Crippen molar-refractivity contribution >= 4 is 5.78 Å². The van der Waals surface area contributed by atoms with E-state index < -0.39 is 6.04 Å². The van der Waals surface area contributed by atoms with Crippen LogP contribution in [-0.2, 0) is 0 Å². The van der Waals surface area contributed by atoms with E-state index in [1.54, 1.807) is 10.9 Å². The first-order valence-corrected chi connectivity index (χ1v) is 5.44. The first kappa shape index (κ1) is 12.7. The molecule has 1 aromatic heterocycles. The normalized spacial score (nSPS) is 12.9. The van der Waals surface area contributed by atoms with Gasteiger partial charge in [0.25, 0.3) is 0 Å². The van der Waals surface area contributed by atoms with E-state index >= 15 is 0 Å². The molecule has 0 aliphatic rings. The van der Waals surface area contributed by atoms with Crippen LogP contribution in [0.2, 0.25) is 0 Å². The molecule has 0 fully saturated rings. The molecule has 0 spiro atoms. The van der Waals surface area contributed by atoms with Gasteiger partial charge in [-0.1, -0.05) is 6.92 Å². The van der Waals surface area contributed by atoms with Gasteiger partial charge in [0.15, 0.2) is 5.75 Å². The number of methoxy groups -OCH3 is 1. The first-order chi connectivity index (χ1) is 7.52. The summed E-state index contributed by atoms with van der Waals surface area (Å²) in [5.41, 5.74) is 6.22. The highest BCUT2D eigenvalue weighted by Crippen LogP contribution is 2.22. The molecule has 5 nitrogen and oxygen atoms in total. The average Bonchev–Trinajstić information content (AvgIpc) is 2.70. The summed E-state index contributed by atoms with van der Waals surface area (Å²) in [5, 5.41) is 4.14. The van der Waals surface area contributed by atoms with E-state index in [9.17, 15) is 4.79 Å². The van der Waals surface area contributed by atoms with E-state index in [-0.39, 0.29) is 11.8 Å². The Balaban J connectivity index is 3.17. The maximum absolute atomic E-state index is 12.1. The molecule has 5 heteroatoms. The average molecular weight is 225 g/mol. The van der Waals surface area contributed by atoms with E-state index in [1.807, 2.05) is 20.8 Å². The van der Waals surface area contributed by atoms with E-state index in [1.165, 1.54) is 7.11 Å². The zero-order valence-corrected chi connectivity index (χ0v) is 10.2. The van der Waals surface area contributed by atoms with Gasteiger partial charge in [-0.05, 0) is 20.3 Å². The van der Waals surface area contributed by atoms with Gasteiger partial charge in [0, 0.05) is 6.04 Å². The predicted molar refractivity (Wildman–Crippen MR) is 61.8 cm³/mol. The van der Waals surface area contributed by atoms with Crippen molar-refractivity contribution < 1.29 is 9.53 Å². The molecule has 0 aliphatic heterocycles. The lowest BCUT2D eigenvalue weighted by Gasteiger charge is -2.13. The van der Waals surface area contributed by atoms with Crippen LogP contribution in [0.1, 0.15) is 43.7 Å². The molecule has 0 aliphatic carbocycles. The Morgan fingerprint density at radius 3 is 2.69 bits per heavy atom. The van der Waals surface area contributed by atoms with Gasteiger partial charge >= 0.3 is 0 Å². The van der Waals surface area contributed by atoms with Crippen LogP contribution in [0.25, 0.3) is 0 Å². The Hall–Kier alpha value is -1.36. The van der Waals surface area contributed by atoms with Crippen LogP contribution in [0.3, 0.4) is 0 Å². The molecule has 1 heterocycles. The second-order valence-electron chi connectivity index (χ2n) is 3.98. The van der Waals surface area contributed by atoms with Crippen molar-refractivity contribution in [3.05, 3.63) is 11.9 Å². The number of rotatable bonds is 5. The molecule has 16 heavy (non-hydrogen) atoms. The van der Waals surface area contributed by atoms with Crippen LogP contribution < -0.4 is 10.5 Å². The zero-order valence-electron chi connectivity index (χ0n) is 10.2. The molecule has 0 amide bonds. The zero-order chi connectivity index (χ0) is 12.3. The predicted octanol–water partition coefficient (Wildman–Crippen LogP) is 1.39. The van der Waals surface area contributed by atoms with Crippen LogP contribution in [0.15, 0.2) is 6.20 Å². The maximum atomic E-state index is 12.1. The number of hydrogen-bond donors (Lipinski definition) is 1. The Bertz CT molecular complexity index is 371. The van der Waals surface area contributed by atoms with Crippen molar-refractivity contribution in [2.45, 2.75) is 39.3 Å². The van der Waals surface area contributed by atoms with Crippen molar-refractivity contribution in [3.63, 3.8) is 0 Å². The Labute approximate surface area is 95.6 Å². The maximum Gasteiger partial charge on any atom is 0.201 e. The highest BCUT2D eigenvalue weighted by Gasteiger charge is 2.24. The van der Waals surface area contributed by atoms with Gasteiger partial charge in [0.05, 0.1) is 19.3 Å². The minimum atomic E-state index is -0.497. The topological polar surface area (TPSA) is 70.1 Å². The second-order valence-corrected chi connectivity index (χ2v) is 3.98. The van der Waals surface area contributed by atoms with Crippen molar-refractivity contribution in [3.8, 4) is 5.75 Å². The van der Waals surface area contributed by atoms with Gasteiger partial charge in [-0.25, -0.2) is 0 Å². The molecule has 0 saturated carbocycles. The van der Waals surface area contributed by atoms with Crippen LogP contribution in [0.4, 0.5) is 0 Å². The van der Waals surface area contributed by atoms with E-state index in [4.69, 9.17) is 10.5 Å². The largest absolute Gasteiger partial charge is 0.493 e. The molecule has 1 atom stereocenters. The molecule has 0 saturated heterocycles. The van der Waals surface area contributed by atoms with Gasteiger partial charge in [-0.2, -0.15) is 5.10 Å². The number of nitrogens with two attached hydrogens (primary N) is 1. The van der Waals surface area contributed by atoms with Crippen LogP contribution >= 0.6 is 0 Å². The van der Waals surface area contributed by atoms with Crippen molar-refractivity contribution in [2.75, 3.05) is 7.11 Å². The van der Waals surface area contributed by atoms with Gasteiger partial charge in [0.2, 0.25) is 5.78 Å². The third-order valence-corrected chi connectivity index (χ3v) is 2.48. The molecule has 1 unspecified atom stereocenters. The summed E-state index contributed by atoms with van der Waals surface area (Å²) < 4.78 is 6.78. The van der Waals surface area contributed by atoms with Crippen LogP contribution in [0, 0.1) is 0 Å². The lowest BCUT2D eigenvalue weighted by atomic mass is 10.1. The number of nitrogens with zero attached hydrogens (tertiary/aromatic N) is 2. The molecule has 0 radical (unpaired) electrons. The lowest BCUT2D eigenvalue weighted by Crippen LogP contribution is -2.32. The van der Waals surface area contributed by atoms with E-state index in [2.05, 4.69) is 5.10 Å². The molecular formula is C11H19N3O2. The van der Waals surface area contributed by atoms with Crippen molar-refractivity contribution in [1.29, 1.82) is 0 Å². The number of Topliss-reactive ketones (excluding diaryl/α,β-unsaturated/α-hetero) is 1. The highest BCUT2D eigenvalue weighted by atomic mass is 16.5. The number of aromatic nitrogens is 2. The SMILES string of the molecule is CCC(N)C(=O)c1c(OC)cnn1C(C)C. The quantitative estimate of drug-likeness (QED) is 0.769. The van der Waals surface area contributed by atoms with Gasteiger partial charge in [-0.15, -0.1) is 0 Å². The fourth-order valence-corrected chi connectivity index (χ4v) is 1.48. The third kappa shape index (κ3) is 2.24. The number of ether oxygens (including phenoxy) is 1. The standard InChI is InChI=1S/C11H19N3O2/c1-5-8(12)11(15)10-9(16-4)6-13-14(10)7(2)3/h6-8H,5,12H2,1-4H3. The molecule has 1 aromatic rings. The lowest BCUT2D eigenvalue weighted by molar-refractivity contribution is 0.0943. The number of ketones is 1. The summed E-state index contributed by atoms with van der Waals surface area (Å²) in [5.74, 6) is 0.369. The number of carbonyl (C=O) groups excluding carboxylic acids is 1. The number of hydrogen-bond acceptors (Lipinski definition) is 4. The molecule has 0 bridgehead atoms. The minimum Gasteiger partial charge on any atom is -0.493 e. The molecule has 1 rings (SSSR count). The van der Waals surface area contributed by atoms with Crippen LogP contribution in [0.5, 0.6) is 5.75 Å². The second kappa shape index (κ2) is 5.12. The Morgan fingerprint density at radius 2 is 2.25 bits per heavy atom. The van der Waals surface area contributed by atoms with Crippen molar-refractivity contribution in [1.82, 2.24) is 9.78 Å². The fourth-order valence-electron chi connectivity index (χ4n) is 1.48. The summed E-state index contributed by atoms with van der Waals surface area (Å²) in [6, 6.07) is -0.394. The molecule has 0 aromatic carbocycles. The summed E-state index contributed by atoms with van der Waals surface area (Å²) in [6.45, 7) is 5.80. The minimum absolute atomic E-state index is 0.104. The smallest absolute Gasteiger partial charge is 0.201 e. The number of carbonyl (C=O) groups is 1. The molecule has 90 valence electrons. The molecule has 2 N–H and O–H groups in total. The summed E-state index contributed by atoms with van der Waals surface area (Å²) in [4.78, 5) is 12.1. The Morgan fingerprint density at radius 1 is 1.62 bits per heavy atom. The fraction of sp³-hybridized carbons (Fsp3) is 0.636. The first-order valence-electron chi connectivity index (χ1n) is 5.44. The van der Waals surface area contributed by atoms with E-state index in [0.717, 1.165) is 0 Å². The van der Waals surface area contributed by atoms with Crippen molar-refractivity contribution in [2.24, 2.45) is 5.73 Å². The Kier molecular flexibility index (Phi) is 4.06. The summed E-state index contributed by atoms with van der Waals surface area (Å²) in [7, 11) is 1.52. The van der Waals surface area contributed by atoms with Crippen LogP contribution in [-0.4, -0.2) is 28.7 Å². The highest BCUT2D eigenvalue weighted by molar-refractivity contribution is 6.00. The summed E-state index contributed by atoms with van der Waals surface area (Å²) in [6.07, 6.45) is 2.15. The van der Waals surface area contributed by atoms with Gasteiger partial charge < -0.3 is 10.5 Å². The van der Waals surface area contributed by atoms with Gasteiger partial charge in [0.1, 0.15) is 5.69 Å². The monoisotopic (exact) mass is 225 g/mol. The summed E-state index contributed by atoms with van der Waals surface area (Å²) >= 11 is 0.